The molecule has 0 aliphatic rings. The van der Waals surface area contributed by atoms with Gasteiger partial charge in [0.25, 0.3) is 0 Å². The number of para-hydroxylation sites is 1. The van der Waals surface area contributed by atoms with Gasteiger partial charge in [-0.25, -0.2) is 9.97 Å². The number of rotatable bonds is 2. The number of fused-ring (bicyclic) bond motifs is 1. The van der Waals surface area contributed by atoms with E-state index in [9.17, 15) is 4.79 Å². The number of H-pyrrole nitrogens is 1. The molecule has 1 N–H and O–H groups in total. The van der Waals surface area contributed by atoms with Gasteiger partial charge in [0, 0.05) is 28.4 Å². The highest BCUT2D eigenvalue weighted by molar-refractivity contribution is 5.94. The van der Waals surface area contributed by atoms with Crippen molar-refractivity contribution in [1.29, 1.82) is 0 Å². The normalized spacial score (nSPS) is 10.7. The van der Waals surface area contributed by atoms with Crippen molar-refractivity contribution in [3.05, 3.63) is 48.0 Å². The fourth-order valence-corrected chi connectivity index (χ4v) is 2.07. The first-order valence-electron chi connectivity index (χ1n) is 5.65. The number of benzene rings is 1. The molecule has 0 saturated heterocycles. The molecule has 1 aromatic carbocycles. The lowest BCUT2D eigenvalue weighted by Gasteiger charge is -2.01. The molecule has 0 bridgehead atoms. The number of aldehydes is 1. The predicted molar refractivity (Wildman–Crippen MR) is 69.4 cm³/mol. The lowest BCUT2D eigenvalue weighted by molar-refractivity contribution is 0.111. The van der Waals surface area contributed by atoms with Crippen LogP contribution in [0.2, 0.25) is 0 Å². The van der Waals surface area contributed by atoms with Gasteiger partial charge in [-0.05, 0) is 19.1 Å². The number of aromatic nitrogens is 3. The SMILES string of the molecule is Cc1cc(-c2c[nH]c3ccccc23)nc(C=O)n1. The van der Waals surface area contributed by atoms with Crippen molar-refractivity contribution in [2.75, 3.05) is 0 Å². The van der Waals surface area contributed by atoms with Gasteiger partial charge in [0.05, 0.1) is 5.69 Å². The van der Waals surface area contributed by atoms with Crippen molar-refractivity contribution in [2.24, 2.45) is 0 Å². The van der Waals surface area contributed by atoms with Gasteiger partial charge in [0.1, 0.15) is 0 Å². The summed E-state index contributed by atoms with van der Waals surface area (Å²) in [6.07, 6.45) is 2.58. The van der Waals surface area contributed by atoms with E-state index in [0.717, 1.165) is 27.9 Å². The van der Waals surface area contributed by atoms with E-state index in [-0.39, 0.29) is 5.82 Å². The Morgan fingerprint density at radius 2 is 2.06 bits per heavy atom. The lowest BCUT2D eigenvalue weighted by Crippen LogP contribution is -1.96. The van der Waals surface area contributed by atoms with Crippen molar-refractivity contribution >= 4 is 17.2 Å². The molecule has 0 spiro atoms. The second-order valence-electron chi connectivity index (χ2n) is 4.12. The van der Waals surface area contributed by atoms with E-state index in [0.29, 0.717) is 6.29 Å². The summed E-state index contributed by atoms with van der Waals surface area (Å²) in [7, 11) is 0. The standard InChI is InChI=1S/C14H11N3O/c1-9-6-13(17-14(8-18)16-9)11-7-15-12-5-3-2-4-10(11)12/h2-8,15H,1H3. The zero-order chi connectivity index (χ0) is 12.5. The van der Waals surface area contributed by atoms with Crippen LogP contribution in [0.1, 0.15) is 16.3 Å². The number of aryl methyl sites for hydroxylation is 1. The molecule has 3 aromatic rings. The third-order valence-electron chi connectivity index (χ3n) is 2.84. The highest BCUT2D eigenvalue weighted by atomic mass is 16.1. The number of hydrogen-bond donors (Lipinski definition) is 1. The largest absolute Gasteiger partial charge is 0.360 e. The number of aromatic amines is 1. The van der Waals surface area contributed by atoms with E-state index in [4.69, 9.17) is 0 Å². The van der Waals surface area contributed by atoms with Crippen molar-refractivity contribution in [3.63, 3.8) is 0 Å². The highest BCUT2D eigenvalue weighted by Crippen LogP contribution is 2.27. The summed E-state index contributed by atoms with van der Waals surface area (Å²) in [5.41, 5.74) is 3.59. The van der Waals surface area contributed by atoms with E-state index in [1.807, 2.05) is 43.5 Å². The van der Waals surface area contributed by atoms with Crippen LogP contribution in [-0.4, -0.2) is 21.2 Å². The van der Waals surface area contributed by atoms with Crippen LogP contribution in [0.25, 0.3) is 22.2 Å². The molecule has 0 aliphatic carbocycles. The van der Waals surface area contributed by atoms with Crippen LogP contribution in [0.4, 0.5) is 0 Å². The monoisotopic (exact) mass is 237 g/mol. The molecular formula is C14H11N3O. The first-order valence-corrected chi connectivity index (χ1v) is 5.65. The van der Waals surface area contributed by atoms with Gasteiger partial charge in [-0.1, -0.05) is 18.2 Å². The summed E-state index contributed by atoms with van der Waals surface area (Å²) in [6.45, 7) is 1.85. The molecule has 0 amide bonds. The summed E-state index contributed by atoms with van der Waals surface area (Å²) in [4.78, 5) is 22.3. The fraction of sp³-hybridized carbons (Fsp3) is 0.0714. The first-order chi connectivity index (χ1) is 8.78. The van der Waals surface area contributed by atoms with Crippen LogP contribution < -0.4 is 0 Å². The fourth-order valence-electron chi connectivity index (χ4n) is 2.07. The molecule has 4 nitrogen and oxygen atoms in total. The van der Waals surface area contributed by atoms with Crippen molar-refractivity contribution in [3.8, 4) is 11.3 Å². The zero-order valence-electron chi connectivity index (χ0n) is 9.84. The van der Waals surface area contributed by atoms with E-state index in [1.54, 1.807) is 0 Å². The Balaban J connectivity index is 2.25. The Bertz CT molecular complexity index is 731. The summed E-state index contributed by atoms with van der Waals surface area (Å²) in [6, 6.07) is 9.87. The summed E-state index contributed by atoms with van der Waals surface area (Å²) >= 11 is 0. The average molecular weight is 237 g/mol. The van der Waals surface area contributed by atoms with E-state index >= 15 is 0 Å². The first kappa shape index (κ1) is 10.7. The Morgan fingerprint density at radius 3 is 2.89 bits per heavy atom. The van der Waals surface area contributed by atoms with Gasteiger partial charge in [0.15, 0.2) is 12.1 Å². The predicted octanol–water partition coefficient (Wildman–Crippen LogP) is 2.75. The number of hydrogen-bond acceptors (Lipinski definition) is 3. The second kappa shape index (κ2) is 4.07. The molecule has 2 heterocycles. The second-order valence-corrected chi connectivity index (χ2v) is 4.12. The molecular weight excluding hydrogens is 226 g/mol. The highest BCUT2D eigenvalue weighted by Gasteiger charge is 2.09. The maximum atomic E-state index is 10.8. The maximum Gasteiger partial charge on any atom is 0.193 e. The van der Waals surface area contributed by atoms with Crippen molar-refractivity contribution in [2.45, 2.75) is 6.92 Å². The molecule has 18 heavy (non-hydrogen) atoms. The third kappa shape index (κ3) is 1.68. The molecule has 0 fully saturated rings. The van der Waals surface area contributed by atoms with Crippen LogP contribution in [0, 0.1) is 6.92 Å². The van der Waals surface area contributed by atoms with Gasteiger partial charge in [-0.3, -0.25) is 4.79 Å². The average Bonchev–Trinajstić information content (AvgIpc) is 2.81. The molecule has 3 rings (SSSR count). The molecule has 4 heteroatoms. The third-order valence-corrected chi connectivity index (χ3v) is 2.84. The van der Waals surface area contributed by atoms with Gasteiger partial charge in [-0.15, -0.1) is 0 Å². The van der Waals surface area contributed by atoms with Gasteiger partial charge in [0.2, 0.25) is 0 Å². The molecule has 88 valence electrons. The minimum Gasteiger partial charge on any atom is -0.360 e. The molecule has 2 aromatic heterocycles. The Morgan fingerprint density at radius 1 is 1.22 bits per heavy atom. The summed E-state index contributed by atoms with van der Waals surface area (Å²) in [5, 5.41) is 1.09. The van der Waals surface area contributed by atoms with Crippen LogP contribution in [0.15, 0.2) is 36.5 Å². The van der Waals surface area contributed by atoms with Crippen LogP contribution in [-0.2, 0) is 0 Å². The minimum atomic E-state index is 0.218. The minimum absolute atomic E-state index is 0.218. The summed E-state index contributed by atoms with van der Waals surface area (Å²) in [5.74, 6) is 0.218. The van der Waals surface area contributed by atoms with E-state index < -0.39 is 0 Å². The number of nitrogens with one attached hydrogen (secondary N) is 1. The molecule has 0 saturated carbocycles. The van der Waals surface area contributed by atoms with Gasteiger partial charge >= 0.3 is 0 Å². The smallest absolute Gasteiger partial charge is 0.193 e. The van der Waals surface area contributed by atoms with Crippen molar-refractivity contribution < 1.29 is 4.79 Å². The lowest BCUT2D eigenvalue weighted by atomic mass is 10.1. The summed E-state index contributed by atoms with van der Waals surface area (Å²) < 4.78 is 0. The van der Waals surface area contributed by atoms with Gasteiger partial charge in [-0.2, -0.15) is 0 Å². The van der Waals surface area contributed by atoms with E-state index in [2.05, 4.69) is 15.0 Å². The van der Waals surface area contributed by atoms with Crippen molar-refractivity contribution in [1.82, 2.24) is 15.0 Å². The molecule has 0 atom stereocenters. The molecule has 0 radical (unpaired) electrons. The number of carbonyl (C=O) groups is 1. The van der Waals surface area contributed by atoms with Crippen LogP contribution >= 0.6 is 0 Å². The van der Waals surface area contributed by atoms with E-state index in [1.165, 1.54) is 0 Å². The number of carbonyl (C=O) groups excluding carboxylic acids is 1. The quantitative estimate of drug-likeness (QED) is 0.697. The topological polar surface area (TPSA) is 58.6 Å². The maximum absolute atomic E-state index is 10.8. The Hall–Kier alpha value is -2.49. The van der Waals surface area contributed by atoms with Crippen LogP contribution in [0.3, 0.4) is 0 Å². The number of nitrogens with zero attached hydrogens (tertiary/aromatic N) is 2. The zero-order valence-corrected chi connectivity index (χ0v) is 9.84. The Kier molecular flexibility index (Phi) is 2.41. The van der Waals surface area contributed by atoms with Crippen LogP contribution in [0.5, 0.6) is 0 Å². The molecule has 0 unspecified atom stereocenters. The Labute approximate surface area is 104 Å². The van der Waals surface area contributed by atoms with Gasteiger partial charge < -0.3 is 4.98 Å². The molecule has 0 aliphatic heterocycles.